The first-order chi connectivity index (χ1) is 13.5. The van der Waals surface area contributed by atoms with Crippen LogP contribution in [0.4, 0.5) is 0 Å². The van der Waals surface area contributed by atoms with Gasteiger partial charge in [-0.25, -0.2) is 0 Å². The van der Waals surface area contributed by atoms with E-state index in [1.165, 1.54) is 5.57 Å². The predicted molar refractivity (Wildman–Crippen MR) is 119 cm³/mol. The molecule has 5 heteroatoms. The monoisotopic (exact) mass is 422 g/mol. The summed E-state index contributed by atoms with van der Waals surface area (Å²) in [6.45, 7) is 17.1. The number of ketones is 1. The minimum Gasteiger partial charge on any atom is -0.469 e. The fourth-order valence-corrected chi connectivity index (χ4v) is 6.51. The molecular weight excluding hydrogens is 380 g/mol. The van der Waals surface area contributed by atoms with Gasteiger partial charge in [0.1, 0.15) is 11.5 Å². The van der Waals surface area contributed by atoms with E-state index in [0.29, 0.717) is 30.6 Å². The van der Waals surface area contributed by atoms with Crippen molar-refractivity contribution in [2.24, 2.45) is 17.3 Å². The third-order valence-electron chi connectivity index (χ3n) is 7.96. The number of carbonyl (C=O) groups is 1. The van der Waals surface area contributed by atoms with Crippen LogP contribution >= 0.6 is 0 Å². The summed E-state index contributed by atoms with van der Waals surface area (Å²) >= 11 is 0. The number of hydrogen-bond acceptors (Lipinski definition) is 4. The molecule has 0 aromatic heterocycles. The van der Waals surface area contributed by atoms with Gasteiger partial charge in [0.15, 0.2) is 14.6 Å². The van der Waals surface area contributed by atoms with Crippen molar-refractivity contribution >= 4 is 14.1 Å². The van der Waals surface area contributed by atoms with Crippen LogP contribution in [0.15, 0.2) is 11.3 Å². The Balaban J connectivity index is 1.74. The van der Waals surface area contributed by atoms with E-state index in [2.05, 4.69) is 40.8 Å². The summed E-state index contributed by atoms with van der Waals surface area (Å²) in [7, 11) is -1.75. The molecule has 0 saturated heterocycles. The molecular formula is C24H42O4Si. The van der Waals surface area contributed by atoms with Crippen molar-refractivity contribution < 1.29 is 18.7 Å². The minimum absolute atomic E-state index is 0.134. The lowest BCUT2D eigenvalue weighted by Gasteiger charge is -2.43. The van der Waals surface area contributed by atoms with E-state index in [1.54, 1.807) is 0 Å². The van der Waals surface area contributed by atoms with Crippen molar-refractivity contribution in [3.05, 3.63) is 11.3 Å². The second-order valence-electron chi connectivity index (χ2n) is 11.0. The number of rotatable bonds is 7. The second-order valence-corrected chi connectivity index (χ2v) is 15.8. The van der Waals surface area contributed by atoms with E-state index in [-0.39, 0.29) is 16.7 Å². The smallest absolute Gasteiger partial charge is 0.199 e. The molecule has 166 valence electrons. The van der Waals surface area contributed by atoms with E-state index >= 15 is 0 Å². The number of carbonyl (C=O) groups excluding carboxylic acids is 1. The van der Waals surface area contributed by atoms with E-state index in [0.717, 1.165) is 50.9 Å². The zero-order valence-corrected chi connectivity index (χ0v) is 20.7. The molecule has 3 aliphatic rings. The molecule has 4 nitrogen and oxygen atoms in total. The lowest BCUT2D eigenvalue weighted by molar-refractivity contribution is -0.135. The van der Waals surface area contributed by atoms with Gasteiger partial charge in [-0.2, -0.15) is 0 Å². The van der Waals surface area contributed by atoms with E-state index in [1.807, 2.05) is 6.92 Å². The molecule has 1 heterocycles. The summed E-state index contributed by atoms with van der Waals surface area (Å²) in [5.41, 5.74) is 1.01. The molecule has 3 rings (SSSR count). The Bertz CT molecular complexity index is 648. The van der Waals surface area contributed by atoms with Crippen LogP contribution in [0.25, 0.3) is 0 Å². The van der Waals surface area contributed by atoms with Crippen molar-refractivity contribution in [2.75, 3.05) is 13.2 Å². The average Bonchev–Trinajstić information content (AvgIpc) is 2.92. The number of Topliss-reactive ketones (excluding diaryl/α,β-unsaturated/α-hetero) is 1. The van der Waals surface area contributed by atoms with E-state index in [9.17, 15) is 4.79 Å². The first-order valence-electron chi connectivity index (χ1n) is 11.7. The van der Waals surface area contributed by atoms with Gasteiger partial charge in [-0.3, -0.25) is 4.79 Å². The quantitative estimate of drug-likeness (QED) is 0.361. The van der Waals surface area contributed by atoms with Gasteiger partial charge in [0.25, 0.3) is 0 Å². The van der Waals surface area contributed by atoms with Crippen LogP contribution < -0.4 is 0 Å². The van der Waals surface area contributed by atoms with Crippen molar-refractivity contribution in [3.63, 3.8) is 0 Å². The standard InChI is InChI=1S/C24H42O4Si/c1-8-26-22-11-10-19-20(28-22)16-18-14-17(2)15-21(25)24(18,19)12-9-13-27-29(6,7)23(3,4)5/h17-18,22H,8-16H2,1-7H3/t17-,18+,22?,24+/m1/s1. The summed E-state index contributed by atoms with van der Waals surface area (Å²) < 4.78 is 18.4. The summed E-state index contributed by atoms with van der Waals surface area (Å²) in [6, 6.07) is 0. The lowest BCUT2D eigenvalue weighted by Crippen LogP contribution is -2.44. The van der Waals surface area contributed by atoms with Gasteiger partial charge in [-0.1, -0.05) is 27.7 Å². The van der Waals surface area contributed by atoms with E-state index < -0.39 is 8.32 Å². The summed E-state index contributed by atoms with van der Waals surface area (Å²) in [5, 5.41) is 0.221. The number of hydrogen-bond donors (Lipinski definition) is 0. The van der Waals surface area contributed by atoms with Crippen molar-refractivity contribution in [1.29, 1.82) is 0 Å². The fraction of sp³-hybridized carbons (Fsp3) is 0.875. The molecule has 0 radical (unpaired) electrons. The van der Waals surface area contributed by atoms with Crippen molar-refractivity contribution in [3.8, 4) is 0 Å². The highest BCUT2D eigenvalue weighted by Crippen LogP contribution is 2.59. The van der Waals surface area contributed by atoms with E-state index in [4.69, 9.17) is 13.9 Å². The van der Waals surface area contributed by atoms with Crippen LogP contribution in [0.1, 0.15) is 79.6 Å². The van der Waals surface area contributed by atoms with Gasteiger partial charge >= 0.3 is 0 Å². The molecule has 0 aromatic rings. The molecule has 1 unspecified atom stereocenters. The molecule has 1 aliphatic heterocycles. The minimum atomic E-state index is -1.75. The number of allylic oxidation sites excluding steroid dienone is 2. The second kappa shape index (κ2) is 8.47. The molecule has 0 spiro atoms. The SMILES string of the molecule is CCOC1CCC2=C(C[C@@H]3C[C@@H](C)CC(=O)[C@]23CCCO[Si](C)(C)C(C)(C)C)O1. The Hall–Kier alpha value is -0.653. The number of fused-ring (bicyclic) bond motifs is 2. The molecule has 0 N–H and O–H groups in total. The van der Waals surface area contributed by atoms with Gasteiger partial charge in [0, 0.05) is 32.5 Å². The van der Waals surface area contributed by atoms with Gasteiger partial charge < -0.3 is 13.9 Å². The van der Waals surface area contributed by atoms with Crippen LogP contribution in [0, 0.1) is 17.3 Å². The summed E-state index contributed by atoms with van der Waals surface area (Å²) in [4.78, 5) is 13.5. The van der Waals surface area contributed by atoms with Crippen molar-refractivity contribution in [1.82, 2.24) is 0 Å². The van der Waals surface area contributed by atoms with Gasteiger partial charge in [0.2, 0.25) is 0 Å². The maximum absolute atomic E-state index is 13.5. The first kappa shape index (κ1) is 23.0. The Morgan fingerprint density at radius 1 is 1.24 bits per heavy atom. The van der Waals surface area contributed by atoms with Gasteiger partial charge in [0.05, 0.1) is 5.41 Å². The highest BCUT2D eigenvalue weighted by molar-refractivity contribution is 6.74. The van der Waals surface area contributed by atoms with Gasteiger partial charge in [-0.05, 0) is 68.1 Å². The predicted octanol–water partition coefficient (Wildman–Crippen LogP) is 6.22. The molecule has 2 aliphatic carbocycles. The molecule has 1 fully saturated rings. The molecule has 0 bridgehead atoms. The molecule has 0 amide bonds. The molecule has 29 heavy (non-hydrogen) atoms. The highest BCUT2D eigenvalue weighted by atomic mass is 28.4. The van der Waals surface area contributed by atoms with Crippen LogP contribution in [-0.2, 0) is 18.7 Å². The largest absolute Gasteiger partial charge is 0.469 e. The normalized spacial score (nSPS) is 32.8. The number of ether oxygens (including phenoxy) is 2. The third kappa shape index (κ3) is 4.38. The Labute approximate surface area is 178 Å². The maximum Gasteiger partial charge on any atom is 0.199 e. The summed E-state index contributed by atoms with van der Waals surface area (Å²) in [5.74, 6) is 2.41. The average molecular weight is 423 g/mol. The van der Waals surface area contributed by atoms with Crippen LogP contribution in [0.5, 0.6) is 0 Å². The zero-order chi connectivity index (χ0) is 21.4. The molecule has 1 saturated carbocycles. The first-order valence-corrected chi connectivity index (χ1v) is 14.6. The fourth-order valence-electron chi connectivity index (χ4n) is 5.42. The molecule has 0 aromatic carbocycles. The highest BCUT2D eigenvalue weighted by Gasteiger charge is 2.57. The topological polar surface area (TPSA) is 44.8 Å². The van der Waals surface area contributed by atoms with Gasteiger partial charge in [-0.15, -0.1) is 0 Å². The maximum atomic E-state index is 13.5. The summed E-state index contributed by atoms with van der Waals surface area (Å²) in [6.07, 6.45) is 6.30. The molecule has 4 atom stereocenters. The third-order valence-corrected chi connectivity index (χ3v) is 12.5. The Morgan fingerprint density at radius 2 is 1.97 bits per heavy atom. The van der Waals surface area contributed by atoms with Crippen LogP contribution in [0.3, 0.4) is 0 Å². The zero-order valence-electron chi connectivity index (χ0n) is 19.7. The van der Waals surface area contributed by atoms with Crippen molar-refractivity contribution in [2.45, 2.75) is 104 Å². The Morgan fingerprint density at radius 3 is 2.62 bits per heavy atom. The van der Waals surface area contributed by atoms with Crippen LogP contribution in [0.2, 0.25) is 18.1 Å². The lowest BCUT2D eigenvalue weighted by atomic mass is 9.59. The van der Waals surface area contributed by atoms with Crippen LogP contribution in [-0.4, -0.2) is 33.6 Å². The Kier molecular flexibility index (Phi) is 6.72.